The molecule has 0 aliphatic carbocycles. The van der Waals surface area contributed by atoms with Crippen LogP contribution in [0, 0.1) is 0 Å². The van der Waals surface area contributed by atoms with Crippen molar-refractivity contribution in [1.29, 1.82) is 0 Å². The summed E-state index contributed by atoms with van der Waals surface area (Å²) < 4.78 is 11.6. The third-order valence-corrected chi connectivity index (χ3v) is 6.47. The van der Waals surface area contributed by atoms with Crippen LogP contribution in [0.15, 0.2) is 35.2 Å². The van der Waals surface area contributed by atoms with Gasteiger partial charge in [-0.1, -0.05) is 12.1 Å². The first-order chi connectivity index (χ1) is 15.2. The van der Waals surface area contributed by atoms with Gasteiger partial charge in [0.25, 0.3) is 5.91 Å². The number of carbonyl (C=O) groups excluding carboxylic acids is 1. The Hall–Kier alpha value is -2.00. The molecule has 4 rings (SSSR count). The quantitative estimate of drug-likeness (QED) is 0.592. The smallest absolute Gasteiger partial charge is 0.251 e. The number of carbonyl (C=O) groups is 1. The molecular weight excluding hydrogens is 412 g/mol. The molecule has 0 bridgehead atoms. The van der Waals surface area contributed by atoms with E-state index in [9.17, 15) is 4.79 Å². The van der Waals surface area contributed by atoms with Gasteiger partial charge in [0.15, 0.2) is 0 Å². The van der Waals surface area contributed by atoms with E-state index in [4.69, 9.17) is 9.47 Å². The highest BCUT2D eigenvalue weighted by atomic mass is 32.1. The Morgan fingerprint density at radius 1 is 1.29 bits per heavy atom. The molecule has 2 fully saturated rings. The molecule has 0 unspecified atom stereocenters. The van der Waals surface area contributed by atoms with Crippen LogP contribution in [-0.2, 0) is 22.6 Å². The molecule has 1 amide bonds. The summed E-state index contributed by atoms with van der Waals surface area (Å²) in [5.74, 6) is 1.08. The summed E-state index contributed by atoms with van der Waals surface area (Å²) in [6.45, 7) is 7.28. The SMILES string of the molecule is CN(Cc1cccc(OCCN2CCN(C(=O)[C@@H]3CCCO3)CC2)c1)Cc1cscn1. The van der Waals surface area contributed by atoms with Crippen LogP contribution in [0.4, 0.5) is 0 Å². The molecule has 8 heteroatoms. The van der Waals surface area contributed by atoms with Gasteiger partial charge in [0.1, 0.15) is 18.5 Å². The van der Waals surface area contributed by atoms with Crippen molar-refractivity contribution in [2.75, 3.05) is 53.0 Å². The summed E-state index contributed by atoms with van der Waals surface area (Å²) in [4.78, 5) is 23.4. The lowest BCUT2D eigenvalue weighted by Gasteiger charge is -2.35. The predicted octanol–water partition coefficient (Wildman–Crippen LogP) is 2.48. The van der Waals surface area contributed by atoms with Gasteiger partial charge in [-0.25, -0.2) is 4.98 Å². The monoisotopic (exact) mass is 444 g/mol. The van der Waals surface area contributed by atoms with Gasteiger partial charge in [0.2, 0.25) is 0 Å². The average molecular weight is 445 g/mol. The maximum atomic E-state index is 12.5. The lowest BCUT2D eigenvalue weighted by atomic mass is 10.2. The van der Waals surface area contributed by atoms with Crippen LogP contribution in [0.1, 0.15) is 24.1 Å². The van der Waals surface area contributed by atoms with Crippen LogP contribution in [0.2, 0.25) is 0 Å². The molecule has 1 atom stereocenters. The summed E-state index contributed by atoms with van der Waals surface area (Å²) >= 11 is 1.63. The number of aromatic nitrogens is 1. The van der Waals surface area contributed by atoms with Crippen LogP contribution in [-0.4, -0.2) is 84.7 Å². The van der Waals surface area contributed by atoms with E-state index >= 15 is 0 Å². The summed E-state index contributed by atoms with van der Waals surface area (Å²) in [6.07, 6.45) is 1.66. The zero-order chi connectivity index (χ0) is 21.5. The van der Waals surface area contributed by atoms with E-state index in [2.05, 4.69) is 45.4 Å². The first-order valence-corrected chi connectivity index (χ1v) is 12.0. The van der Waals surface area contributed by atoms with Crippen molar-refractivity contribution in [1.82, 2.24) is 19.7 Å². The molecular formula is C23H32N4O3S. The van der Waals surface area contributed by atoms with Crippen LogP contribution in [0.25, 0.3) is 0 Å². The van der Waals surface area contributed by atoms with Crippen LogP contribution in [0.5, 0.6) is 5.75 Å². The number of nitrogens with zero attached hydrogens (tertiary/aromatic N) is 4. The molecule has 7 nitrogen and oxygen atoms in total. The van der Waals surface area contributed by atoms with Crippen molar-refractivity contribution in [3.63, 3.8) is 0 Å². The number of benzene rings is 1. The Morgan fingerprint density at radius 2 is 2.16 bits per heavy atom. The van der Waals surface area contributed by atoms with Crippen molar-refractivity contribution in [2.45, 2.75) is 32.0 Å². The highest BCUT2D eigenvalue weighted by Crippen LogP contribution is 2.17. The molecule has 2 aliphatic rings. The fourth-order valence-electron chi connectivity index (χ4n) is 4.15. The van der Waals surface area contributed by atoms with Crippen LogP contribution in [0.3, 0.4) is 0 Å². The molecule has 168 valence electrons. The molecule has 3 heterocycles. The highest BCUT2D eigenvalue weighted by molar-refractivity contribution is 7.07. The van der Waals surface area contributed by atoms with Crippen molar-refractivity contribution < 1.29 is 14.3 Å². The lowest BCUT2D eigenvalue weighted by Crippen LogP contribution is -2.52. The number of piperazine rings is 1. The molecule has 0 saturated carbocycles. The van der Waals surface area contributed by atoms with E-state index in [1.165, 1.54) is 5.56 Å². The average Bonchev–Trinajstić information content (AvgIpc) is 3.48. The summed E-state index contributed by atoms with van der Waals surface area (Å²) in [5.41, 5.74) is 4.22. The number of amides is 1. The Labute approximate surface area is 188 Å². The van der Waals surface area contributed by atoms with Gasteiger partial charge in [0.05, 0.1) is 11.2 Å². The normalized spacial score (nSPS) is 19.8. The van der Waals surface area contributed by atoms with Gasteiger partial charge in [-0.15, -0.1) is 11.3 Å². The predicted molar refractivity (Wildman–Crippen MR) is 121 cm³/mol. The van der Waals surface area contributed by atoms with Crippen molar-refractivity contribution >= 4 is 17.2 Å². The maximum Gasteiger partial charge on any atom is 0.251 e. The minimum atomic E-state index is -0.206. The second-order valence-corrected chi connectivity index (χ2v) is 9.04. The second-order valence-electron chi connectivity index (χ2n) is 8.32. The first kappa shape index (κ1) is 22.2. The van der Waals surface area contributed by atoms with Crippen molar-refractivity contribution in [3.05, 3.63) is 46.4 Å². The standard InChI is InChI=1S/C23H32N4O3S/c1-25(16-20-17-31-18-24-20)15-19-4-2-5-21(14-19)29-13-11-26-7-9-27(10-8-26)23(28)22-6-3-12-30-22/h2,4-5,14,17-18,22H,3,6-13,15-16H2,1H3/t22-/m0/s1. The Kier molecular flexibility index (Phi) is 7.91. The van der Waals surface area contributed by atoms with Crippen molar-refractivity contribution in [3.8, 4) is 5.75 Å². The largest absolute Gasteiger partial charge is 0.492 e. The van der Waals surface area contributed by atoms with Crippen LogP contribution >= 0.6 is 11.3 Å². The molecule has 1 aromatic carbocycles. The third kappa shape index (κ3) is 6.49. The minimum Gasteiger partial charge on any atom is -0.492 e. The van der Waals surface area contributed by atoms with E-state index < -0.39 is 0 Å². The summed E-state index contributed by atoms with van der Waals surface area (Å²) in [5, 5.41) is 2.09. The maximum absolute atomic E-state index is 12.5. The summed E-state index contributed by atoms with van der Waals surface area (Å²) in [6, 6.07) is 8.32. The van der Waals surface area contributed by atoms with E-state index in [-0.39, 0.29) is 12.0 Å². The molecule has 2 aromatic rings. The van der Waals surface area contributed by atoms with E-state index in [0.717, 1.165) is 76.7 Å². The Balaban J connectivity index is 1.16. The minimum absolute atomic E-state index is 0.171. The first-order valence-electron chi connectivity index (χ1n) is 11.1. The molecule has 1 aromatic heterocycles. The molecule has 0 N–H and O–H groups in total. The molecule has 2 saturated heterocycles. The van der Waals surface area contributed by atoms with Gasteiger partial charge >= 0.3 is 0 Å². The van der Waals surface area contributed by atoms with E-state index in [1.807, 2.05) is 16.5 Å². The fourth-order valence-corrected chi connectivity index (χ4v) is 4.70. The van der Waals surface area contributed by atoms with Gasteiger partial charge in [-0.05, 0) is 37.6 Å². The molecule has 2 aliphatic heterocycles. The molecule has 31 heavy (non-hydrogen) atoms. The zero-order valence-corrected chi connectivity index (χ0v) is 19.1. The highest BCUT2D eigenvalue weighted by Gasteiger charge is 2.30. The third-order valence-electron chi connectivity index (χ3n) is 5.83. The van der Waals surface area contributed by atoms with E-state index in [1.54, 1.807) is 11.3 Å². The van der Waals surface area contributed by atoms with Crippen molar-refractivity contribution in [2.24, 2.45) is 0 Å². The van der Waals surface area contributed by atoms with Gasteiger partial charge in [-0.2, -0.15) is 0 Å². The van der Waals surface area contributed by atoms with Gasteiger partial charge in [0, 0.05) is 57.8 Å². The topological polar surface area (TPSA) is 58.1 Å². The number of rotatable bonds is 9. The van der Waals surface area contributed by atoms with E-state index in [0.29, 0.717) is 6.61 Å². The zero-order valence-electron chi connectivity index (χ0n) is 18.2. The second kappa shape index (κ2) is 11.0. The number of hydrogen-bond acceptors (Lipinski definition) is 7. The fraction of sp³-hybridized carbons (Fsp3) is 0.565. The number of hydrogen-bond donors (Lipinski definition) is 0. The summed E-state index contributed by atoms with van der Waals surface area (Å²) in [7, 11) is 2.11. The Bertz CT molecular complexity index is 818. The number of ether oxygens (including phenoxy) is 2. The van der Waals surface area contributed by atoms with Gasteiger partial charge in [-0.3, -0.25) is 14.6 Å². The lowest BCUT2D eigenvalue weighted by molar-refractivity contribution is -0.142. The Morgan fingerprint density at radius 3 is 2.90 bits per heavy atom. The van der Waals surface area contributed by atoms with Crippen LogP contribution < -0.4 is 4.74 Å². The number of thiazole rings is 1. The molecule has 0 radical (unpaired) electrons. The van der Waals surface area contributed by atoms with Gasteiger partial charge < -0.3 is 14.4 Å². The molecule has 0 spiro atoms.